The van der Waals surface area contributed by atoms with Gasteiger partial charge in [-0.25, -0.2) is 0 Å². The fraction of sp³-hybridized carbons (Fsp3) is 0.917. The first-order valence-corrected chi connectivity index (χ1v) is 7.19. The molecule has 0 aliphatic heterocycles. The number of carbonyl (C=O) groups is 1. The SMILES string of the molecule is CCC(C)C(=O)N(CCCBr)C1CCC1. The fourth-order valence-electron chi connectivity index (χ4n) is 1.86. The maximum absolute atomic E-state index is 12.1. The first-order chi connectivity index (χ1) is 7.20. The molecule has 0 N–H and O–H groups in total. The first-order valence-electron chi connectivity index (χ1n) is 6.07. The molecule has 1 aliphatic rings. The van der Waals surface area contributed by atoms with Gasteiger partial charge in [0.05, 0.1) is 0 Å². The Morgan fingerprint density at radius 1 is 1.53 bits per heavy atom. The van der Waals surface area contributed by atoms with E-state index in [1.807, 2.05) is 6.92 Å². The van der Waals surface area contributed by atoms with Crippen molar-refractivity contribution in [2.24, 2.45) is 5.92 Å². The van der Waals surface area contributed by atoms with Crippen LogP contribution in [0.1, 0.15) is 46.0 Å². The Kier molecular flexibility index (Phi) is 5.65. The van der Waals surface area contributed by atoms with Gasteiger partial charge in [-0.1, -0.05) is 29.8 Å². The van der Waals surface area contributed by atoms with Crippen molar-refractivity contribution >= 4 is 21.8 Å². The normalized spacial score (nSPS) is 18.3. The minimum absolute atomic E-state index is 0.195. The molecule has 0 spiro atoms. The van der Waals surface area contributed by atoms with Crippen LogP contribution < -0.4 is 0 Å². The van der Waals surface area contributed by atoms with Crippen LogP contribution in [0.4, 0.5) is 0 Å². The van der Waals surface area contributed by atoms with Gasteiger partial charge in [-0.2, -0.15) is 0 Å². The van der Waals surface area contributed by atoms with E-state index in [0.717, 1.165) is 24.7 Å². The molecule has 3 heteroatoms. The molecule has 0 heterocycles. The minimum Gasteiger partial charge on any atom is -0.339 e. The van der Waals surface area contributed by atoms with E-state index >= 15 is 0 Å². The third-order valence-electron chi connectivity index (χ3n) is 3.37. The molecule has 1 fully saturated rings. The van der Waals surface area contributed by atoms with Crippen molar-refractivity contribution in [2.45, 2.75) is 52.0 Å². The monoisotopic (exact) mass is 275 g/mol. The summed E-state index contributed by atoms with van der Waals surface area (Å²) in [7, 11) is 0. The lowest BCUT2D eigenvalue weighted by molar-refractivity contribution is -0.139. The quantitative estimate of drug-likeness (QED) is 0.682. The first kappa shape index (κ1) is 13.0. The largest absolute Gasteiger partial charge is 0.339 e. The third-order valence-corrected chi connectivity index (χ3v) is 3.93. The molecule has 1 atom stereocenters. The summed E-state index contributed by atoms with van der Waals surface area (Å²) in [6.07, 6.45) is 5.74. The van der Waals surface area contributed by atoms with Gasteiger partial charge >= 0.3 is 0 Å². The lowest BCUT2D eigenvalue weighted by Crippen LogP contribution is -2.46. The highest BCUT2D eigenvalue weighted by molar-refractivity contribution is 9.09. The topological polar surface area (TPSA) is 20.3 Å². The lowest BCUT2D eigenvalue weighted by atomic mass is 9.90. The zero-order chi connectivity index (χ0) is 11.3. The summed E-state index contributed by atoms with van der Waals surface area (Å²) >= 11 is 3.43. The standard InChI is InChI=1S/C12H22BrNO/c1-3-10(2)12(15)14(9-5-8-13)11-6-4-7-11/h10-11H,3-9H2,1-2H3. The summed E-state index contributed by atoms with van der Waals surface area (Å²) in [5.74, 6) is 0.559. The van der Waals surface area contributed by atoms with E-state index in [1.54, 1.807) is 0 Å². The average molecular weight is 276 g/mol. The van der Waals surface area contributed by atoms with Gasteiger partial charge in [0.2, 0.25) is 5.91 Å². The molecule has 0 bridgehead atoms. The van der Waals surface area contributed by atoms with E-state index in [0.29, 0.717) is 11.9 Å². The van der Waals surface area contributed by atoms with Gasteiger partial charge in [0.15, 0.2) is 0 Å². The number of nitrogens with zero attached hydrogens (tertiary/aromatic N) is 1. The third kappa shape index (κ3) is 3.47. The van der Waals surface area contributed by atoms with Crippen molar-refractivity contribution in [2.75, 3.05) is 11.9 Å². The zero-order valence-corrected chi connectivity index (χ0v) is 11.4. The summed E-state index contributed by atoms with van der Waals surface area (Å²) < 4.78 is 0. The van der Waals surface area contributed by atoms with Gasteiger partial charge < -0.3 is 4.90 Å². The predicted molar refractivity (Wildman–Crippen MR) is 67.2 cm³/mol. The Morgan fingerprint density at radius 3 is 2.60 bits per heavy atom. The number of hydrogen-bond donors (Lipinski definition) is 0. The molecule has 1 saturated carbocycles. The van der Waals surface area contributed by atoms with Crippen LogP contribution >= 0.6 is 15.9 Å². The van der Waals surface area contributed by atoms with Crippen LogP contribution in [0.15, 0.2) is 0 Å². The molecule has 0 radical (unpaired) electrons. The molecule has 0 aromatic carbocycles. The summed E-state index contributed by atoms with van der Waals surface area (Å²) in [6, 6.07) is 0.547. The lowest BCUT2D eigenvalue weighted by Gasteiger charge is -2.39. The van der Waals surface area contributed by atoms with Crippen LogP contribution in [0.5, 0.6) is 0 Å². The second kappa shape index (κ2) is 6.51. The van der Waals surface area contributed by atoms with E-state index in [2.05, 4.69) is 27.8 Å². The van der Waals surface area contributed by atoms with Crippen LogP contribution in [-0.4, -0.2) is 28.7 Å². The number of amides is 1. The molecular formula is C12H22BrNO. The van der Waals surface area contributed by atoms with Gasteiger partial charge in [-0.3, -0.25) is 4.79 Å². The molecule has 1 amide bonds. The number of halogens is 1. The van der Waals surface area contributed by atoms with Gasteiger partial charge in [0, 0.05) is 23.8 Å². The van der Waals surface area contributed by atoms with Crippen molar-refractivity contribution in [3.05, 3.63) is 0 Å². The zero-order valence-electron chi connectivity index (χ0n) is 9.84. The minimum atomic E-state index is 0.195. The maximum Gasteiger partial charge on any atom is 0.225 e. The molecule has 0 saturated heterocycles. The van der Waals surface area contributed by atoms with Crippen molar-refractivity contribution < 1.29 is 4.79 Å². The molecule has 1 aliphatic carbocycles. The molecule has 0 aromatic rings. The summed E-state index contributed by atoms with van der Waals surface area (Å²) in [6.45, 7) is 5.06. The fourth-order valence-corrected chi connectivity index (χ4v) is 2.11. The summed E-state index contributed by atoms with van der Waals surface area (Å²) in [4.78, 5) is 14.2. The second-order valence-corrected chi connectivity index (χ2v) is 5.26. The maximum atomic E-state index is 12.1. The molecule has 0 aromatic heterocycles. The summed E-state index contributed by atoms with van der Waals surface area (Å²) in [5.41, 5.74) is 0. The van der Waals surface area contributed by atoms with E-state index in [9.17, 15) is 4.79 Å². The van der Waals surface area contributed by atoms with Crippen molar-refractivity contribution in [1.82, 2.24) is 4.90 Å². The highest BCUT2D eigenvalue weighted by Crippen LogP contribution is 2.26. The van der Waals surface area contributed by atoms with Gasteiger partial charge in [-0.15, -0.1) is 0 Å². The predicted octanol–water partition coefficient (Wildman–Crippen LogP) is 3.20. The Morgan fingerprint density at radius 2 is 2.20 bits per heavy atom. The Balaban J connectivity index is 2.49. The molecule has 15 heavy (non-hydrogen) atoms. The van der Waals surface area contributed by atoms with Crippen LogP contribution in [0.2, 0.25) is 0 Å². The number of rotatable bonds is 6. The number of carbonyl (C=O) groups excluding carboxylic acids is 1. The highest BCUT2D eigenvalue weighted by Gasteiger charge is 2.29. The van der Waals surface area contributed by atoms with E-state index in [4.69, 9.17) is 0 Å². The number of alkyl halides is 1. The van der Waals surface area contributed by atoms with Crippen molar-refractivity contribution in [1.29, 1.82) is 0 Å². The molecule has 1 unspecified atom stereocenters. The van der Waals surface area contributed by atoms with Crippen LogP contribution in [0.3, 0.4) is 0 Å². The van der Waals surface area contributed by atoms with Gasteiger partial charge in [0.1, 0.15) is 0 Å². The molecular weight excluding hydrogens is 254 g/mol. The van der Waals surface area contributed by atoms with Crippen LogP contribution in [0.25, 0.3) is 0 Å². The number of hydrogen-bond acceptors (Lipinski definition) is 1. The average Bonchev–Trinajstić information content (AvgIpc) is 2.19. The Labute approximate surface area is 102 Å². The van der Waals surface area contributed by atoms with Crippen LogP contribution in [-0.2, 0) is 4.79 Å². The van der Waals surface area contributed by atoms with Crippen molar-refractivity contribution in [3.63, 3.8) is 0 Å². The van der Waals surface area contributed by atoms with Crippen LogP contribution in [0, 0.1) is 5.92 Å². The highest BCUT2D eigenvalue weighted by atomic mass is 79.9. The Bertz CT molecular complexity index is 204. The Hall–Kier alpha value is -0.0500. The summed E-state index contributed by atoms with van der Waals surface area (Å²) in [5, 5.41) is 0.990. The second-order valence-electron chi connectivity index (χ2n) is 4.47. The van der Waals surface area contributed by atoms with E-state index in [1.165, 1.54) is 19.3 Å². The van der Waals surface area contributed by atoms with Gasteiger partial charge in [-0.05, 0) is 32.1 Å². The van der Waals surface area contributed by atoms with E-state index < -0.39 is 0 Å². The smallest absolute Gasteiger partial charge is 0.225 e. The van der Waals surface area contributed by atoms with Crippen molar-refractivity contribution in [3.8, 4) is 0 Å². The molecule has 2 nitrogen and oxygen atoms in total. The molecule has 88 valence electrons. The molecule has 1 rings (SSSR count). The van der Waals surface area contributed by atoms with E-state index in [-0.39, 0.29) is 5.92 Å². The van der Waals surface area contributed by atoms with Gasteiger partial charge in [0.25, 0.3) is 0 Å².